The van der Waals surface area contributed by atoms with Gasteiger partial charge in [0.1, 0.15) is 6.10 Å². The van der Waals surface area contributed by atoms with E-state index in [2.05, 4.69) is 10.2 Å². The molecule has 25 heavy (non-hydrogen) atoms. The SMILES string of the molecule is O=C(NC1(c2ccc(Cl)cc2)CCCCC1)OC1CN2CCC1CC2. The third-order valence-corrected chi connectivity index (χ3v) is 6.55. The summed E-state index contributed by atoms with van der Waals surface area (Å²) in [5.74, 6) is 0.536. The highest BCUT2D eigenvalue weighted by molar-refractivity contribution is 6.30. The zero-order valence-corrected chi connectivity index (χ0v) is 15.4. The number of amides is 1. The van der Waals surface area contributed by atoms with Gasteiger partial charge in [-0.3, -0.25) is 4.90 Å². The molecule has 0 aromatic heterocycles. The van der Waals surface area contributed by atoms with E-state index in [0.29, 0.717) is 5.92 Å². The number of nitrogens with zero attached hydrogens (tertiary/aromatic N) is 1. The van der Waals surface area contributed by atoms with Crippen LogP contribution in [0.2, 0.25) is 5.02 Å². The second kappa shape index (κ2) is 7.16. The topological polar surface area (TPSA) is 41.6 Å². The van der Waals surface area contributed by atoms with Crippen LogP contribution in [0.15, 0.2) is 24.3 Å². The van der Waals surface area contributed by atoms with E-state index in [1.807, 2.05) is 24.3 Å². The van der Waals surface area contributed by atoms with Gasteiger partial charge >= 0.3 is 6.09 Å². The third kappa shape index (κ3) is 3.65. The van der Waals surface area contributed by atoms with Gasteiger partial charge in [0.25, 0.3) is 0 Å². The van der Waals surface area contributed by atoms with Crippen LogP contribution in [0.25, 0.3) is 0 Å². The van der Waals surface area contributed by atoms with Crippen molar-refractivity contribution in [2.24, 2.45) is 5.92 Å². The van der Waals surface area contributed by atoms with Crippen molar-refractivity contribution in [3.63, 3.8) is 0 Å². The van der Waals surface area contributed by atoms with E-state index < -0.39 is 0 Å². The molecule has 2 bridgehead atoms. The lowest BCUT2D eigenvalue weighted by atomic mass is 9.76. The molecule has 4 fully saturated rings. The number of carbonyl (C=O) groups is 1. The molecule has 3 aliphatic heterocycles. The maximum Gasteiger partial charge on any atom is 0.408 e. The molecule has 1 amide bonds. The van der Waals surface area contributed by atoms with Crippen LogP contribution < -0.4 is 5.32 Å². The minimum Gasteiger partial charge on any atom is -0.445 e. The van der Waals surface area contributed by atoms with Crippen molar-refractivity contribution >= 4 is 17.7 Å². The lowest BCUT2D eigenvalue weighted by molar-refractivity contribution is -0.0362. The van der Waals surface area contributed by atoms with E-state index in [1.165, 1.54) is 6.42 Å². The smallest absolute Gasteiger partial charge is 0.408 e. The zero-order valence-electron chi connectivity index (χ0n) is 14.7. The van der Waals surface area contributed by atoms with Crippen molar-refractivity contribution in [1.82, 2.24) is 10.2 Å². The van der Waals surface area contributed by atoms with Crippen LogP contribution >= 0.6 is 11.6 Å². The number of nitrogens with one attached hydrogen (secondary N) is 1. The van der Waals surface area contributed by atoms with Gasteiger partial charge in [-0.25, -0.2) is 4.79 Å². The standard InChI is InChI=1S/C20H27ClN2O2/c21-17-6-4-16(5-7-17)20(10-2-1-3-11-20)22-19(24)25-18-14-23-12-8-15(18)9-13-23/h4-7,15,18H,1-3,8-14H2,(H,22,24). The molecule has 4 nitrogen and oxygen atoms in total. The average Bonchev–Trinajstić information content (AvgIpc) is 2.64. The van der Waals surface area contributed by atoms with Crippen LogP contribution in [-0.2, 0) is 10.3 Å². The summed E-state index contributed by atoms with van der Waals surface area (Å²) in [5.41, 5.74) is 0.830. The zero-order chi connectivity index (χ0) is 17.3. The summed E-state index contributed by atoms with van der Waals surface area (Å²) in [7, 11) is 0. The minimum atomic E-state index is -0.312. The lowest BCUT2D eigenvalue weighted by Crippen LogP contribution is -2.54. The molecule has 0 radical (unpaired) electrons. The van der Waals surface area contributed by atoms with E-state index in [4.69, 9.17) is 16.3 Å². The van der Waals surface area contributed by atoms with Gasteiger partial charge in [-0.2, -0.15) is 0 Å². The summed E-state index contributed by atoms with van der Waals surface area (Å²) in [6.07, 6.45) is 7.51. The van der Waals surface area contributed by atoms with Crippen LogP contribution in [0, 0.1) is 5.92 Å². The minimum absolute atomic E-state index is 0.0494. The van der Waals surface area contributed by atoms with Crippen molar-refractivity contribution in [3.8, 4) is 0 Å². The monoisotopic (exact) mass is 362 g/mol. The Morgan fingerprint density at radius 3 is 2.40 bits per heavy atom. The van der Waals surface area contributed by atoms with Crippen LogP contribution in [0.5, 0.6) is 0 Å². The van der Waals surface area contributed by atoms with Crippen molar-refractivity contribution < 1.29 is 9.53 Å². The molecule has 1 aromatic rings. The number of carbonyl (C=O) groups excluding carboxylic acids is 1. The van der Waals surface area contributed by atoms with Crippen LogP contribution in [-0.4, -0.2) is 36.7 Å². The number of rotatable bonds is 3. The second-order valence-electron chi connectivity index (χ2n) is 7.86. The molecular formula is C20H27ClN2O2. The van der Waals surface area contributed by atoms with Crippen molar-refractivity contribution in [2.45, 2.75) is 56.6 Å². The highest BCUT2D eigenvalue weighted by Crippen LogP contribution is 2.38. The molecule has 1 unspecified atom stereocenters. The average molecular weight is 363 g/mol. The summed E-state index contributed by atoms with van der Waals surface area (Å²) in [6, 6.07) is 7.91. The quantitative estimate of drug-likeness (QED) is 0.870. The lowest BCUT2D eigenvalue weighted by Gasteiger charge is -2.44. The molecule has 1 atom stereocenters. The third-order valence-electron chi connectivity index (χ3n) is 6.30. The molecule has 1 saturated carbocycles. The summed E-state index contributed by atoms with van der Waals surface area (Å²) in [6.45, 7) is 3.20. The Hall–Kier alpha value is -1.26. The van der Waals surface area contributed by atoms with Crippen molar-refractivity contribution in [3.05, 3.63) is 34.9 Å². The highest BCUT2D eigenvalue weighted by Gasteiger charge is 2.39. The molecule has 1 N–H and O–H groups in total. The first kappa shape index (κ1) is 17.2. The first-order chi connectivity index (χ1) is 12.1. The molecule has 5 rings (SSSR count). The molecular weight excluding hydrogens is 336 g/mol. The van der Waals surface area contributed by atoms with Crippen molar-refractivity contribution in [2.75, 3.05) is 19.6 Å². The number of hydrogen-bond donors (Lipinski definition) is 1. The highest BCUT2D eigenvalue weighted by atomic mass is 35.5. The molecule has 5 heteroatoms. The molecule has 136 valence electrons. The fraction of sp³-hybridized carbons (Fsp3) is 0.650. The summed E-state index contributed by atoms with van der Waals surface area (Å²) in [5, 5.41) is 3.98. The first-order valence-electron chi connectivity index (χ1n) is 9.62. The predicted octanol–water partition coefficient (Wildman–Crippen LogP) is 4.32. The molecule has 3 heterocycles. The maximum atomic E-state index is 12.7. The van der Waals surface area contributed by atoms with E-state index in [-0.39, 0.29) is 17.7 Å². The number of hydrogen-bond acceptors (Lipinski definition) is 3. The molecule has 0 spiro atoms. The van der Waals surface area contributed by atoms with E-state index in [0.717, 1.165) is 68.7 Å². The fourth-order valence-corrected chi connectivity index (χ4v) is 4.94. The Morgan fingerprint density at radius 1 is 1.12 bits per heavy atom. The Labute approximate surface area is 154 Å². The van der Waals surface area contributed by atoms with Gasteiger partial charge < -0.3 is 10.1 Å². The molecule has 3 saturated heterocycles. The number of alkyl carbamates (subject to hydrolysis) is 1. The number of benzene rings is 1. The van der Waals surface area contributed by atoms with E-state index >= 15 is 0 Å². The summed E-state index contributed by atoms with van der Waals surface area (Å²) < 4.78 is 5.88. The molecule has 1 aliphatic carbocycles. The fourth-order valence-electron chi connectivity index (χ4n) is 4.82. The Morgan fingerprint density at radius 2 is 1.80 bits per heavy atom. The van der Waals surface area contributed by atoms with Gasteiger partial charge in [0.2, 0.25) is 0 Å². The summed E-state index contributed by atoms with van der Waals surface area (Å²) >= 11 is 6.05. The van der Waals surface area contributed by atoms with Gasteiger partial charge in [-0.1, -0.05) is 43.0 Å². The molecule has 1 aromatic carbocycles. The Bertz CT molecular complexity index is 605. The number of halogens is 1. The normalized spacial score (nSPS) is 30.7. The second-order valence-corrected chi connectivity index (χ2v) is 8.29. The van der Waals surface area contributed by atoms with Crippen LogP contribution in [0.1, 0.15) is 50.5 Å². The predicted molar refractivity (Wildman–Crippen MR) is 98.8 cm³/mol. The Kier molecular flexibility index (Phi) is 4.92. The molecule has 4 aliphatic rings. The number of piperidine rings is 3. The van der Waals surface area contributed by atoms with Gasteiger partial charge in [-0.05, 0) is 62.4 Å². The van der Waals surface area contributed by atoms with Gasteiger partial charge in [0, 0.05) is 11.6 Å². The first-order valence-corrected chi connectivity index (χ1v) is 10.00. The van der Waals surface area contributed by atoms with Crippen LogP contribution in [0.4, 0.5) is 4.79 Å². The maximum absolute atomic E-state index is 12.7. The number of ether oxygens (including phenoxy) is 1. The van der Waals surface area contributed by atoms with E-state index in [9.17, 15) is 4.79 Å². The summed E-state index contributed by atoms with van der Waals surface area (Å²) in [4.78, 5) is 15.1. The Balaban J connectivity index is 1.47. The van der Waals surface area contributed by atoms with Gasteiger partial charge in [0.05, 0.1) is 5.54 Å². The van der Waals surface area contributed by atoms with Gasteiger partial charge in [-0.15, -0.1) is 0 Å². The van der Waals surface area contributed by atoms with Gasteiger partial charge in [0.15, 0.2) is 0 Å². The number of fused-ring (bicyclic) bond motifs is 3. The van der Waals surface area contributed by atoms with Crippen molar-refractivity contribution in [1.29, 1.82) is 0 Å². The van der Waals surface area contributed by atoms with E-state index in [1.54, 1.807) is 0 Å². The largest absolute Gasteiger partial charge is 0.445 e. The van der Waals surface area contributed by atoms with Crippen LogP contribution in [0.3, 0.4) is 0 Å².